The van der Waals surface area contributed by atoms with Crippen LogP contribution >= 0.6 is 11.8 Å². The molecule has 3 heterocycles. The zero-order valence-corrected chi connectivity index (χ0v) is 12.8. The summed E-state index contributed by atoms with van der Waals surface area (Å²) in [5.74, 6) is 0.487. The van der Waals surface area contributed by atoms with Crippen LogP contribution in [0.1, 0.15) is 0 Å². The van der Waals surface area contributed by atoms with E-state index in [2.05, 4.69) is 15.2 Å². The van der Waals surface area contributed by atoms with E-state index >= 15 is 0 Å². The summed E-state index contributed by atoms with van der Waals surface area (Å²) in [5.41, 5.74) is 1.51. The Kier molecular flexibility index (Phi) is 4.97. The van der Waals surface area contributed by atoms with Gasteiger partial charge in [0, 0.05) is 19.3 Å². The van der Waals surface area contributed by atoms with Gasteiger partial charge in [0.15, 0.2) is 0 Å². The quantitative estimate of drug-likeness (QED) is 0.796. The van der Waals surface area contributed by atoms with E-state index in [-0.39, 0.29) is 5.91 Å². The number of morpholine rings is 1. The minimum absolute atomic E-state index is 0.115. The van der Waals surface area contributed by atoms with Crippen molar-refractivity contribution in [2.24, 2.45) is 0 Å². The minimum atomic E-state index is 0.115. The summed E-state index contributed by atoms with van der Waals surface area (Å²) < 4.78 is 5.24. The average Bonchev–Trinajstić information content (AvgIpc) is 2.61. The second-order valence-electron chi connectivity index (χ2n) is 4.75. The molecule has 1 amide bonds. The molecule has 0 aliphatic carbocycles. The number of carbonyl (C=O) groups is 1. The molecule has 3 rings (SSSR count). The zero-order chi connectivity index (χ0) is 15.2. The highest BCUT2D eigenvalue weighted by Gasteiger charge is 2.17. The summed E-state index contributed by atoms with van der Waals surface area (Å²) in [7, 11) is 0. The summed E-state index contributed by atoms with van der Waals surface area (Å²) in [6.45, 7) is 2.58. The van der Waals surface area contributed by atoms with E-state index in [1.54, 1.807) is 6.20 Å². The summed E-state index contributed by atoms with van der Waals surface area (Å²) in [6, 6.07) is 9.40. The number of rotatable bonds is 4. The first-order valence-electron chi connectivity index (χ1n) is 7.06. The van der Waals surface area contributed by atoms with Gasteiger partial charge in [-0.2, -0.15) is 0 Å². The zero-order valence-electron chi connectivity index (χ0n) is 12.0. The predicted molar refractivity (Wildman–Crippen MR) is 83.4 cm³/mol. The molecule has 0 N–H and O–H groups in total. The van der Waals surface area contributed by atoms with Crippen molar-refractivity contribution in [3.63, 3.8) is 0 Å². The van der Waals surface area contributed by atoms with Crippen molar-refractivity contribution < 1.29 is 9.53 Å². The highest BCUT2D eigenvalue weighted by Crippen LogP contribution is 2.18. The van der Waals surface area contributed by atoms with Crippen LogP contribution in [0, 0.1) is 0 Å². The molecule has 22 heavy (non-hydrogen) atoms. The van der Waals surface area contributed by atoms with Gasteiger partial charge in [-0.15, -0.1) is 10.2 Å². The lowest BCUT2D eigenvalue weighted by atomic mass is 10.2. The van der Waals surface area contributed by atoms with E-state index in [0.717, 1.165) is 16.4 Å². The van der Waals surface area contributed by atoms with Crippen molar-refractivity contribution in [3.8, 4) is 11.4 Å². The number of amides is 1. The van der Waals surface area contributed by atoms with Crippen LogP contribution in [0.4, 0.5) is 0 Å². The molecule has 0 spiro atoms. The topological polar surface area (TPSA) is 68.2 Å². The molecule has 0 radical (unpaired) electrons. The third kappa shape index (κ3) is 3.80. The molecule has 2 aromatic heterocycles. The van der Waals surface area contributed by atoms with Crippen molar-refractivity contribution in [1.82, 2.24) is 20.1 Å². The van der Waals surface area contributed by atoms with E-state index in [9.17, 15) is 4.79 Å². The number of carbonyl (C=O) groups excluding carboxylic acids is 1. The second-order valence-corrected chi connectivity index (χ2v) is 5.75. The molecule has 1 aliphatic heterocycles. The summed E-state index contributed by atoms with van der Waals surface area (Å²) in [6.07, 6.45) is 1.72. The molecule has 1 aliphatic rings. The standard InChI is InChI=1S/C15H16N4O2S/c20-15(19-7-9-21-10-8-19)11-22-14-5-4-13(17-18-14)12-3-1-2-6-16-12/h1-6H,7-11H2. The SMILES string of the molecule is O=C(CSc1ccc(-c2ccccn2)nn1)N1CCOCC1. The van der Waals surface area contributed by atoms with Gasteiger partial charge >= 0.3 is 0 Å². The van der Waals surface area contributed by atoms with Crippen LogP contribution in [0.5, 0.6) is 0 Å². The third-order valence-electron chi connectivity index (χ3n) is 3.27. The first kappa shape index (κ1) is 14.9. The van der Waals surface area contributed by atoms with Gasteiger partial charge in [0.1, 0.15) is 10.7 Å². The Morgan fingerprint density at radius 3 is 2.68 bits per heavy atom. The van der Waals surface area contributed by atoms with Gasteiger partial charge in [-0.3, -0.25) is 9.78 Å². The normalized spacial score (nSPS) is 14.8. The molecule has 6 nitrogen and oxygen atoms in total. The third-order valence-corrected chi connectivity index (χ3v) is 4.18. The lowest BCUT2D eigenvalue weighted by molar-refractivity contribution is -0.132. The van der Waals surface area contributed by atoms with E-state index in [1.165, 1.54) is 11.8 Å². The highest BCUT2D eigenvalue weighted by molar-refractivity contribution is 7.99. The van der Waals surface area contributed by atoms with Crippen molar-refractivity contribution in [2.75, 3.05) is 32.1 Å². The fourth-order valence-corrected chi connectivity index (χ4v) is 2.80. The molecule has 1 fully saturated rings. The van der Waals surface area contributed by atoms with Crippen LogP contribution in [0.15, 0.2) is 41.6 Å². The van der Waals surface area contributed by atoms with Crippen molar-refractivity contribution in [1.29, 1.82) is 0 Å². The largest absolute Gasteiger partial charge is 0.378 e. The maximum absolute atomic E-state index is 12.1. The van der Waals surface area contributed by atoms with Crippen LogP contribution in [0.25, 0.3) is 11.4 Å². The first-order chi connectivity index (χ1) is 10.8. The van der Waals surface area contributed by atoms with Gasteiger partial charge < -0.3 is 9.64 Å². The van der Waals surface area contributed by atoms with Gasteiger partial charge in [0.05, 0.1) is 24.7 Å². The molecule has 0 saturated carbocycles. The van der Waals surface area contributed by atoms with Gasteiger partial charge in [0.25, 0.3) is 0 Å². The van der Waals surface area contributed by atoms with Crippen molar-refractivity contribution in [3.05, 3.63) is 36.5 Å². The van der Waals surface area contributed by atoms with Crippen molar-refractivity contribution >= 4 is 17.7 Å². The van der Waals surface area contributed by atoms with Crippen LogP contribution in [-0.2, 0) is 9.53 Å². The maximum atomic E-state index is 12.1. The lowest BCUT2D eigenvalue weighted by Crippen LogP contribution is -2.41. The first-order valence-corrected chi connectivity index (χ1v) is 8.05. The Morgan fingerprint density at radius 2 is 2.00 bits per heavy atom. The number of pyridine rings is 1. The summed E-state index contributed by atoms with van der Waals surface area (Å²) in [4.78, 5) is 18.1. The Morgan fingerprint density at radius 1 is 1.14 bits per heavy atom. The molecular weight excluding hydrogens is 300 g/mol. The summed E-state index contributed by atoms with van der Waals surface area (Å²) >= 11 is 1.40. The number of ether oxygens (including phenoxy) is 1. The number of nitrogens with zero attached hydrogens (tertiary/aromatic N) is 4. The molecule has 7 heteroatoms. The minimum Gasteiger partial charge on any atom is -0.378 e. The van der Waals surface area contributed by atoms with Gasteiger partial charge in [-0.05, 0) is 24.3 Å². The molecule has 2 aromatic rings. The Hall–Kier alpha value is -1.99. The Balaban J connectivity index is 1.56. The molecule has 0 aromatic carbocycles. The molecule has 114 valence electrons. The van der Waals surface area contributed by atoms with Gasteiger partial charge in [-0.1, -0.05) is 17.8 Å². The summed E-state index contributed by atoms with van der Waals surface area (Å²) in [5, 5.41) is 9.05. The van der Waals surface area contributed by atoms with Crippen LogP contribution in [0.3, 0.4) is 0 Å². The lowest BCUT2D eigenvalue weighted by Gasteiger charge is -2.26. The Bertz CT molecular complexity index is 615. The number of aromatic nitrogens is 3. The molecule has 0 atom stereocenters. The van der Waals surface area contributed by atoms with Crippen LogP contribution in [-0.4, -0.2) is 58.0 Å². The maximum Gasteiger partial charge on any atom is 0.233 e. The van der Waals surface area contributed by atoms with Gasteiger partial charge in [0.2, 0.25) is 5.91 Å². The molecule has 0 bridgehead atoms. The van der Waals surface area contributed by atoms with Gasteiger partial charge in [-0.25, -0.2) is 0 Å². The predicted octanol–water partition coefficient (Wildman–Crippen LogP) is 1.49. The molecular formula is C15H16N4O2S. The van der Waals surface area contributed by atoms with E-state index < -0.39 is 0 Å². The Labute approximate surface area is 132 Å². The number of hydrogen-bond acceptors (Lipinski definition) is 6. The van der Waals surface area contributed by atoms with Crippen LogP contribution in [0.2, 0.25) is 0 Å². The van der Waals surface area contributed by atoms with Crippen LogP contribution < -0.4 is 0 Å². The monoisotopic (exact) mass is 316 g/mol. The average molecular weight is 316 g/mol. The fraction of sp³-hybridized carbons (Fsp3) is 0.333. The smallest absolute Gasteiger partial charge is 0.233 e. The number of hydrogen-bond donors (Lipinski definition) is 0. The van der Waals surface area contributed by atoms with E-state index in [1.807, 2.05) is 35.2 Å². The fourth-order valence-electron chi connectivity index (χ4n) is 2.09. The van der Waals surface area contributed by atoms with Crippen molar-refractivity contribution in [2.45, 2.75) is 5.03 Å². The highest BCUT2D eigenvalue weighted by atomic mass is 32.2. The number of thioether (sulfide) groups is 1. The molecule has 1 saturated heterocycles. The van der Waals surface area contributed by atoms with E-state index in [0.29, 0.717) is 32.1 Å². The second kappa shape index (κ2) is 7.33. The van der Waals surface area contributed by atoms with E-state index in [4.69, 9.17) is 4.74 Å². The molecule has 0 unspecified atom stereocenters.